The first-order valence-corrected chi connectivity index (χ1v) is 10.1. The molecule has 146 valence electrons. The Kier molecular flexibility index (Phi) is 4.51. The lowest BCUT2D eigenvalue weighted by Gasteiger charge is -2.32. The van der Waals surface area contributed by atoms with Gasteiger partial charge in [0.2, 0.25) is 0 Å². The largest absolute Gasteiger partial charge is 0.356 e. The lowest BCUT2D eigenvalue weighted by molar-refractivity contribution is 0.442. The SMILES string of the molecule is CC1CCCN(c2cc(-c3ccccc3)nc3cc(-c4cccc(F)c4)nn23)C1. The minimum atomic E-state index is -0.262. The summed E-state index contributed by atoms with van der Waals surface area (Å²) in [5, 5.41) is 4.80. The fraction of sp³-hybridized carbons (Fsp3) is 0.250. The average Bonchev–Trinajstić information content (AvgIpc) is 3.18. The van der Waals surface area contributed by atoms with Crippen LogP contribution < -0.4 is 4.90 Å². The van der Waals surface area contributed by atoms with Gasteiger partial charge in [-0.15, -0.1) is 0 Å². The zero-order valence-electron chi connectivity index (χ0n) is 16.4. The summed E-state index contributed by atoms with van der Waals surface area (Å²) < 4.78 is 15.7. The summed E-state index contributed by atoms with van der Waals surface area (Å²) in [5.41, 5.74) is 4.27. The van der Waals surface area contributed by atoms with Gasteiger partial charge in [-0.3, -0.25) is 0 Å². The maximum absolute atomic E-state index is 13.7. The predicted molar refractivity (Wildman–Crippen MR) is 114 cm³/mol. The summed E-state index contributed by atoms with van der Waals surface area (Å²) in [4.78, 5) is 7.27. The van der Waals surface area contributed by atoms with Crippen LogP contribution in [-0.4, -0.2) is 27.7 Å². The number of nitrogens with zero attached hydrogens (tertiary/aromatic N) is 4. The van der Waals surface area contributed by atoms with Gasteiger partial charge in [-0.25, -0.2) is 9.37 Å². The molecule has 29 heavy (non-hydrogen) atoms. The van der Waals surface area contributed by atoms with Gasteiger partial charge in [-0.2, -0.15) is 9.61 Å². The number of aromatic nitrogens is 3. The highest BCUT2D eigenvalue weighted by Crippen LogP contribution is 2.30. The maximum Gasteiger partial charge on any atom is 0.158 e. The van der Waals surface area contributed by atoms with E-state index >= 15 is 0 Å². The van der Waals surface area contributed by atoms with Crippen molar-refractivity contribution in [2.24, 2.45) is 5.92 Å². The summed E-state index contributed by atoms with van der Waals surface area (Å²) in [6.07, 6.45) is 2.42. The molecular formula is C24H23FN4. The molecule has 0 aliphatic carbocycles. The third kappa shape index (κ3) is 3.48. The van der Waals surface area contributed by atoms with Gasteiger partial charge < -0.3 is 4.90 Å². The van der Waals surface area contributed by atoms with Crippen molar-refractivity contribution in [1.29, 1.82) is 0 Å². The number of fused-ring (bicyclic) bond motifs is 1. The van der Waals surface area contributed by atoms with E-state index in [9.17, 15) is 4.39 Å². The highest BCUT2D eigenvalue weighted by molar-refractivity contribution is 5.71. The van der Waals surface area contributed by atoms with Crippen molar-refractivity contribution in [3.05, 3.63) is 72.5 Å². The normalized spacial score (nSPS) is 17.0. The van der Waals surface area contributed by atoms with Gasteiger partial charge >= 0.3 is 0 Å². The lowest BCUT2D eigenvalue weighted by atomic mass is 10.0. The van der Waals surface area contributed by atoms with Crippen LogP contribution in [0.15, 0.2) is 66.7 Å². The zero-order chi connectivity index (χ0) is 19.8. The molecule has 0 bridgehead atoms. The van der Waals surface area contributed by atoms with Gasteiger partial charge in [-0.1, -0.05) is 49.4 Å². The van der Waals surface area contributed by atoms with Crippen molar-refractivity contribution in [1.82, 2.24) is 14.6 Å². The van der Waals surface area contributed by atoms with E-state index in [2.05, 4.69) is 30.0 Å². The highest BCUT2D eigenvalue weighted by Gasteiger charge is 2.21. The standard InChI is InChI=1S/C24H23FN4/c1-17-7-6-12-28(16-17)24-15-21(18-8-3-2-4-9-18)26-23-14-22(27-29(23)24)19-10-5-11-20(25)13-19/h2-5,8-11,13-15,17H,6-7,12,16H2,1H3. The molecule has 1 aliphatic heterocycles. The summed E-state index contributed by atoms with van der Waals surface area (Å²) >= 11 is 0. The predicted octanol–water partition coefficient (Wildman–Crippen LogP) is 5.44. The Morgan fingerprint density at radius 3 is 2.55 bits per heavy atom. The van der Waals surface area contributed by atoms with Crippen LogP contribution in [0, 0.1) is 11.7 Å². The van der Waals surface area contributed by atoms with E-state index in [1.165, 1.54) is 25.0 Å². The van der Waals surface area contributed by atoms with Crippen LogP contribution in [0.4, 0.5) is 10.2 Å². The molecule has 1 fully saturated rings. The molecule has 0 spiro atoms. The molecule has 2 aromatic heterocycles. The van der Waals surface area contributed by atoms with Crippen molar-refractivity contribution in [3.8, 4) is 22.5 Å². The van der Waals surface area contributed by atoms with Crippen LogP contribution in [0.25, 0.3) is 28.2 Å². The van der Waals surface area contributed by atoms with Gasteiger partial charge in [0, 0.05) is 36.3 Å². The van der Waals surface area contributed by atoms with E-state index in [4.69, 9.17) is 10.1 Å². The number of hydrogen-bond donors (Lipinski definition) is 0. The summed E-state index contributed by atoms with van der Waals surface area (Å²) in [7, 11) is 0. The summed E-state index contributed by atoms with van der Waals surface area (Å²) in [6, 6.07) is 20.8. The Labute approximate surface area is 169 Å². The van der Waals surface area contributed by atoms with E-state index in [0.717, 1.165) is 47.1 Å². The van der Waals surface area contributed by atoms with Gasteiger partial charge in [0.1, 0.15) is 11.6 Å². The van der Waals surface area contributed by atoms with Crippen molar-refractivity contribution < 1.29 is 4.39 Å². The van der Waals surface area contributed by atoms with Crippen molar-refractivity contribution >= 4 is 11.5 Å². The first kappa shape index (κ1) is 17.9. The molecule has 0 N–H and O–H groups in total. The summed E-state index contributed by atoms with van der Waals surface area (Å²) in [6.45, 7) is 4.30. The van der Waals surface area contributed by atoms with Gasteiger partial charge in [0.15, 0.2) is 5.65 Å². The molecule has 5 rings (SSSR count). The monoisotopic (exact) mass is 386 g/mol. The Balaban J connectivity index is 1.69. The molecule has 0 amide bonds. The van der Waals surface area contributed by atoms with Crippen LogP contribution in [0.5, 0.6) is 0 Å². The van der Waals surface area contributed by atoms with Gasteiger partial charge in [-0.05, 0) is 30.9 Å². The molecular weight excluding hydrogens is 363 g/mol. The molecule has 0 saturated carbocycles. The number of piperidine rings is 1. The first-order chi connectivity index (χ1) is 14.2. The minimum Gasteiger partial charge on any atom is -0.356 e. The van der Waals surface area contributed by atoms with E-state index in [1.54, 1.807) is 6.07 Å². The van der Waals surface area contributed by atoms with Crippen LogP contribution in [0.3, 0.4) is 0 Å². The van der Waals surface area contributed by atoms with E-state index in [-0.39, 0.29) is 5.82 Å². The molecule has 4 aromatic rings. The maximum atomic E-state index is 13.7. The Bertz CT molecular complexity index is 1150. The number of benzene rings is 2. The highest BCUT2D eigenvalue weighted by atomic mass is 19.1. The van der Waals surface area contributed by atoms with E-state index < -0.39 is 0 Å². The average molecular weight is 386 g/mol. The molecule has 2 aromatic carbocycles. The van der Waals surface area contributed by atoms with E-state index in [1.807, 2.05) is 34.8 Å². The molecule has 0 radical (unpaired) electrons. The van der Waals surface area contributed by atoms with Crippen molar-refractivity contribution in [2.75, 3.05) is 18.0 Å². The minimum absolute atomic E-state index is 0.262. The third-order valence-corrected chi connectivity index (χ3v) is 5.58. The number of rotatable bonds is 3. The van der Waals surface area contributed by atoms with Gasteiger partial charge in [0.05, 0.1) is 11.4 Å². The second-order valence-corrected chi connectivity index (χ2v) is 7.87. The molecule has 3 heterocycles. The van der Waals surface area contributed by atoms with Crippen LogP contribution >= 0.6 is 0 Å². The Hall–Kier alpha value is -3.21. The molecule has 4 nitrogen and oxygen atoms in total. The first-order valence-electron chi connectivity index (χ1n) is 10.1. The second-order valence-electron chi connectivity index (χ2n) is 7.87. The molecule has 1 unspecified atom stereocenters. The summed E-state index contributed by atoms with van der Waals surface area (Å²) in [5.74, 6) is 1.43. The van der Waals surface area contributed by atoms with E-state index in [0.29, 0.717) is 5.92 Å². The Morgan fingerprint density at radius 1 is 0.931 bits per heavy atom. The Morgan fingerprint density at radius 2 is 1.76 bits per heavy atom. The third-order valence-electron chi connectivity index (χ3n) is 5.58. The number of hydrogen-bond acceptors (Lipinski definition) is 3. The fourth-order valence-corrected chi connectivity index (χ4v) is 4.13. The van der Waals surface area contributed by atoms with Crippen molar-refractivity contribution in [2.45, 2.75) is 19.8 Å². The van der Waals surface area contributed by atoms with Crippen LogP contribution in [0.1, 0.15) is 19.8 Å². The quantitative estimate of drug-likeness (QED) is 0.470. The molecule has 5 heteroatoms. The van der Waals surface area contributed by atoms with Crippen molar-refractivity contribution in [3.63, 3.8) is 0 Å². The van der Waals surface area contributed by atoms with Crippen LogP contribution in [0.2, 0.25) is 0 Å². The second kappa shape index (κ2) is 7.32. The van der Waals surface area contributed by atoms with Crippen LogP contribution in [-0.2, 0) is 0 Å². The zero-order valence-corrected chi connectivity index (χ0v) is 16.4. The topological polar surface area (TPSA) is 33.4 Å². The number of anilines is 1. The molecule has 1 atom stereocenters. The fourth-order valence-electron chi connectivity index (χ4n) is 4.13. The molecule has 1 saturated heterocycles. The smallest absolute Gasteiger partial charge is 0.158 e. The lowest BCUT2D eigenvalue weighted by Crippen LogP contribution is -2.35. The number of halogens is 1. The van der Waals surface area contributed by atoms with Gasteiger partial charge in [0.25, 0.3) is 0 Å². The molecule has 1 aliphatic rings.